The summed E-state index contributed by atoms with van der Waals surface area (Å²) < 4.78 is 1.99. The standard InChI is InChI=1S/C10H16S4Se/c1-2-8(4-12-10-6-14-10)15-7(1)3-11-9-5-13-9/h7-10H,1-6H2. The summed E-state index contributed by atoms with van der Waals surface area (Å²) in [6, 6.07) is 0. The molecular formula is C10H16S4Se. The van der Waals surface area contributed by atoms with Crippen LogP contribution in [0.1, 0.15) is 12.8 Å². The molecule has 3 heterocycles. The minimum atomic E-state index is 0.971. The number of rotatable bonds is 6. The summed E-state index contributed by atoms with van der Waals surface area (Å²) in [5.74, 6) is 5.83. The van der Waals surface area contributed by atoms with Crippen LogP contribution in [0, 0.1) is 0 Å². The molecule has 86 valence electrons. The van der Waals surface area contributed by atoms with Crippen molar-refractivity contribution in [3.63, 3.8) is 0 Å². The molecule has 0 amide bonds. The van der Waals surface area contributed by atoms with E-state index in [0.29, 0.717) is 0 Å². The number of hydrogen-bond acceptors (Lipinski definition) is 4. The second-order valence-electron chi connectivity index (χ2n) is 4.15. The third-order valence-corrected chi connectivity index (χ3v) is 12.6. The average molecular weight is 343 g/mol. The van der Waals surface area contributed by atoms with Crippen LogP contribution < -0.4 is 0 Å². The second kappa shape index (κ2) is 5.71. The molecule has 15 heavy (non-hydrogen) atoms. The molecule has 0 aliphatic carbocycles. The Bertz CT molecular complexity index is 195. The summed E-state index contributed by atoms with van der Waals surface area (Å²) in [5, 5.41) is 0. The van der Waals surface area contributed by atoms with Crippen LogP contribution in [0.15, 0.2) is 0 Å². The second-order valence-corrected chi connectivity index (χ2v) is 13.1. The van der Waals surface area contributed by atoms with Gasteiger partial charge in [-0.2, -0.15) is 0 Å². The molecule has 3 fully saturated rings. The first-order chi connectivity index (χ1) is 7.40. The molecule has 3 aliphatic heterocycles. The van der Waals surface area contributed by atoms with Gasteiger partial charge in [-0.25, -0.2) is 0 Å². The molecular weight excluding hydrogens is 327 g/mol. The molecule has 3 saturated heterocycles. The molecule has 3 aliphatic rings. The molecule has 0 N–H and O–H groups in total. The van der Waals surface area contributed by atoms with Crippen molar-refractivity contribution in [3.05, 3.63) is 0 Å². The maximum atomic E-state index is 2.25. The summed E-state index contributed by atoms with van der Waals surface area (Å²) in [6.07, 6.45) is 3.10. The van der Waals surface area contributed by atoms with Crippen LogP contribution in [0.2, 0.25) is 9.63 Å². The van der Waals surface area contributed by atoms with Crippen molar-refractivity contribution in [2.45, 2.75) is 31.6 Å². The van der Waals surface area contributed by atoms with E-state index < -0.39 is 0 Å². The van der Waals surface area contributed by atoms with Crippen LogP contribution in [-0.4, -0.2) is 47.1 Å². The Labute approximate surface area is 116 Å². The molecule has 0 aromatic heterocycles. The molecule has 0 nitrogen and oxygen atoms in total. The van der Waals surface area contributed by atoms with Crippen LogP contribution in [0.25, 0.3) is 0 Å². The van der Waals surface area contributed by atoms with Gasteiger partial charge >= 0.3 is 117 Å². The van der Waals surface area contributed by atoms with E-state index in [4.69, 9.17) is 0 Å². The van der Waals surface area contributed by atoms with Crippen molar-refractivity contribution >= 4 is 62.0 Å². The Morgan fingerprint density at radius 3 is 1.80 bits per heavy atom. The molecule has 5 heteroatoms. The molecule has 4 unspecified atom stereocenters. The van der Waals surface area contributed by atoms with Crippen LogP contribution in [0.5, 0.6) is 0 Å². The predicted octanol–water partition coefficient (Wildman–Crippen LogP) is 3.67. The van der Waals surface area contributed by atoms with Crippen LogP contribution >= 0.6 is 47.0 Å². The normalized spacial score (nSPS) is 43.2. The van der Waals surface area contributed by atoms with Gasteiger partial charge in [-0.3, -0.25) is 0 Å². The maximum absolute atomic E-state index is 2.25. The average Bonchev–Trinajstić information content (AvgIpc) is 3.14. The zero-order chi connectivity index (χ0) is 10.1. The van der Waals surface area contributed by atoms with Crippen molar-refractivity contribution in [3.8, 4) is 0 Å². The van der Waals surface area contributed by atoms with Gasteiger partial charge in [-0.05, 0) is 0 Å². The SMILES string of the molecule is C1SC1SCC1CCC(CSC2CS2)[Se]1. The summed E-state index contributed by atoms with van der Waals surface area (Å²) in [7, 11) is 0. The van der Waals surface area contributed by atoms with Gasteiger partial charge < -0.3 is 0 Å². The van der Waals surface area contributed by atoms with E-state index in [2.05, 4.69) is 47.0 Å². The molecule has 0 spiro atoms. The van der Waals surface area contributed by atoms with E-state index in [9.17, 15) is 0 Å². The topological polar surface area (TPSA) is 0 Å². The Hall–Kier alpha value is 1.92. The summed E-state index contributed by atoms with van der Waals surface area (Å²) in [4.78, 5) is 2.25. The predicted molar refractivity (Wildman–Crippen MR) is 79.9 cm³/mol. The third kappa shape index (κ3) is 4.26. The van der Waals surface area contributed by atoms with E-state index in [1.807, 2.05) is 0 Å². The van der Waals surface area contributed by atoms with Crippen LogP contribution in [-0.2, 0) is 0 Å². The van der Waals surface area contributed by atoms with Crippen molar-refractivity contribution in [1.82, 2.24) is 0 Å². The molecule has 0 radical (unpaired) electrons. The third-order valence-electron chi connectivity index (χ3n) is 2.74. The summed E-state index contributed by atoms with van der Waals surface area (Å²) in [5.41, 5.74) is 0. The summed E-state index contributed by atoms with van der Waals surface area (Å²) in [6.45, 7) is 0. The fourth-order valence-electron chi connectivity index (χ4n) is 1.73. The first kappa shape index (κ1) is 12.0. The zero-order valence-electron chi connectivity index (χ0n) is 8.59. The fraction of sp³-hybridized carbons (Fsp3) is 1.00. The van der Waals surface area contributed by atoms with E-state index >= 15 is 0 Å². The van der Waals surface area contributed by atoms with Crippen molar-refractivity contribution < 1.29 is 0 Å². The van der Waals surface area contributed by atoms with E-state index in [-0.39, 0.29) is 0 Å². The molecule has 0 saturated carbocycles. The number of thioether (sulfide) groups is 4. The van der Waals surface area contributed by atoms with Crippen LogP contribution in [0.4, 0.5) is 0 Å². The van der Waals surface area contributed by atoms with Gasteiger partial charge in [-0.1, -0.05) is 0 Å². The van der Waals surface area contributed by atoms with Gasteiger partial charge in [0.05, 0.1) is 0 Å². The Balaban J connectivity index is 1.30. The zero-order valence-corrected chi connectivity index (χ0v) is 13.6. The monoisotopic (exact) mass is 344 g/mol. The van der Waals surface area contributed by atoms with Crippen LogP contribution in [0.3, 0.4) is 0 Å². The molecule has 3 rings (SSSR count). The van der Waals surface area contributed by atoms with Gasteiger partial charge in [0.15, 0.2) is 0 Å². The first-order valence-electron chi connectivity index (χ1n) is 5.52. The van der Waals surface area contributed by atoms with Gasteiger partial charge in [0, 0.05) is 0 Å². The quantitative estimate of drug-likeness (QED) is 0.533. The van der Waals surface area contributed by atoms with Crippen molar-refractivity contribution in [2.24, 2.45) is 0 Å². The molecule has 0 aromatic rings. The van der Waals surface area contributed by atoms with E-state index in [0.717, 1.165) is 33.8 Å². The summed E-state index contributed by atoms with van der Waals surface area (Å²) >= 11 is 9.74. The molecule has 0 bridgehead atoms. The Morgan fingerprint density at radius 2 is 1.40 bits per heavy atom. The Morgan fingerprint density at radius 1 is 0.933 bits per heavy atom. The van der Waals surface area contributed by atoms with Crippen molar-refractivity contribution in [2.75, 3.05) is 23.0 Å². The minimum absolute atomic E-state index is 0.971. The van der Waals surface area contributed by atoms with Gasteiger partial charge in [0.2, 0.25) is 0 Å². The van der Waals surface area contributed by atoms with E-state index in [1.165, 1.54) is 23.0 Å². The molecule has 4 atom stereocenters. The van der Waals surface area contributed by atoms with E-state index in [1.54, 1.807) is 12.8 Å². The molecule has 0 aromatic carbocycles. The number of hydrogen-bond donors (Lipinski definition) is 0. The van der Waals surface area contributed by atoms with Gasteiger partial charge in [0.25, 0.3) is 0 Å². The van der Waals surface area contributed by atoms with Gasteiger partial charge in [-0.15, -0.1) is 0 Å². The van der Waals surface area contributed by atoms with Crippen molar-refractivity contribution in [1.29, 1.82) is 0 Å². The Kier molecular flexibility index (Phi) is 4.56. The fourth-order valence-corrected chi connectivity index (χ4v) is 9.98. The first-order valence-corrected chi connectivity index (χ1v) is 11.7. The van der Waals surface area contributed by atoms with Gasteiger partial charge in [0.1, 0.15) is 0 Å².